The van der Waals surface area contributed by atoms with E-state index in [1.165, 1.54) is 0 Å². The van der Waals surface area contributed by atoms with Gasteiger partial charge in [-0.1, -0.05) is 19.9 Å². The molecule has 0 unspecified atom stereocenters. The molecule has 0 radical (unpaired) electrons. The van der Waals surface area contributed by atoms with Crippen LogP contribution < -0.4 is 11.1 Å². The molecule has 5 nitrogen and oxygen atoms in total. The monoisotopic (exact) mass is 235 g/mol. The van der Waals surface area contributed by atoms with Crippen molar-refractivity contribution in [1.29, 1.82) is 0 Å². The van der Waals surface area contributed by atoms with E-state index < -0.39 is 0 Å². The number of nitrogens with zero attached hydrogens (tertiary/aromatic N) is 1. The first kappa shape index (κ1) is 11.7. The number of fused-ring (bicyclic) bond motifs is 1. The molecule has 1 heterocycles. The summed E-state index contributed by atoms with van der Waals surface area (Å²) in [6, 6.07) is 5.86. The Morgan fingerprint density at radius 1 is 1.47 bits per heavy atom. The summed E-state index contributed by atoms with van der Waals surface area (Å²) in [6.45, 7) is 4.59. The number of aromatic nitrogens is 1. The molecule has 5 heteroatoms. The molecule has 0 saturated carbocycles. The van der Waals surface area contributed by atoms with Crippen LogP contribution in [-0.4, -0.2) is 23.2 Å². The van der Waals surface area contributed by atoms with Crippen molar-refractivity contribution in [1.82, 2.24) is 4.98 Å². The minimum atomic E-state index is -0.216. The Kier molecular flexibility index (Phi) is 2.93. The van der Waals surface area contributed by atoms with Gasteiger partial charge in [0.25, 0.3) is 6.01 Å². The van der Waals surface area contributed by atoms with Crippen molar-refractivity contribution in [2.24, 2.45) is 5.41 Å². The maximum absolute atomic E-state index is 9.14. The van der Waals surface area contributed by atoms with Crippen molar-refractivity contribution in [3.8, 4) is 0 Å². The number of hydrogen-bond acceptors (Lipinski definition) is 5. The topological polar surface area (TPSA) is 84.3 Å². The Balaban J connectivity index is 2.18. The number of nitrogen functional groups attached to an aromatic ring is 1. The van der Waals surface area contributed by atoms with Gasteiger partial charge in [-0.25, -0.2) is 0 Å². The van der Waals surface area contributed by atoms with Crippen LogP contribution in [0.4, 0.5) is 11.7 Å². The Morgan fingerprint density at radius 3 is 2.88 bits per heavy atom. The lowest BCUT2D eigenvalue weighted by Crippen LogP contribution is -2.26. The highest BCUT2D eigenvalue weighted by molar-refractivity contribution is 5.86. The Hall–Kier alpha value is -1.75. The van der Waals surface area contributed by atoms with Crippen LogP contribution >= 0.6 is 0 Å². The molecule has 0 saturated heterocycles. The van der Waals surface area contributed by atoms with Crippen molar-refractivity contribution in [2.45, 2.75) is 13.8 Å². The minimum absolute atomic E-state index is 0.0996. The molecule has 0 bridgehead atoms. The number of oxazole rings is 1. The van der Waals surface area contributed by atoms with E-state index in [-0.39, 0.29) is 12.0 Å². The predicted molar refractivity (Wildman–Crippen MR) is 67.8 cm³/mol. The standard InChI is InChI=1S/C12H17N3O2/c1-12(2,7-16)6-14-11-15-10-8(13)4-3-5-9(10)17-11/h3-5,16H,6-7,13H2,1-2H3,(H,14,15). The number of benzene rings is 1. The molecule has 92 valence electrons. The van der Waals surface area contributed by atoms with E-state index in [2.05, 4.69) is 10.3 Å². The Labute approximate surface area is 99.6 Å². The zero-order chi connectivity index (χ0) is 12.5. The second kappa shape index (κ2) is 4.25. The fraction of sp³-hybridized carbons (Fsp3) is 0.417. The summed E-state index contributed by atoms with van der Waals surface area (Å²) in [5.41, 5.74) is 7.49. The van der Waals surface area contributed by atoms with Crippen LogP contribution in [0, 0.1) is 5.41 Å². The lowest BCUT2D eigenvalue weighted by atomic mass is 9.95. The highest BCUT2D eigenvalue weighted by atomic mass is 16.4. The summed E-state index contributed by atoms with van der Waals surface area (Å²) >= 11 is 0. The summed E-state index contributed by atoms with van der Waals surface area (Å²) in [5, 5.41) is 12.2. The van der Waals surface area contributed by atoms with E-state index >= 15 is 0 Å². The van der Waals surface area contributed by atoms with Gasteiger partial charge in [0, 0.05) is 18.6 Å². The molecule has 17 heavy (non-hydrogen) atoms. The largest absolute Gasteiger partial charge is 0.423 e. The molecule has 0 aliphatic rings. The SMILES string of the molecule is CC(C)(CO)CNc1nc2c(N)cccc2o1. The van der Waals surface area contributed by atoms with Gasteiger partial charge in [-0.2, -0.15) is 4.98 Å². The van der Waals surface area contributed by atoms with E-state index in [1.807, 2.05) is 26.0 Å². The quantitative estimate of drug-likeness (QED) is 0.704. The van der Waals surface area contributed by atoms with E-state index in [0.717, 1.165) is 0 Å². The maximum atomic E-state index is 9.14. The number of para-hydroxylation sites is 1. The molecular weight excluding hydrogens is 218 g/mol. The van der Waals surface area contributed by atoms with Gasteiger partial charge in [-0.05, 0) is 12.1 Å². The first-order valence-corrected chi connectivity index (χ1v) is 5.52. The summed E-state index contributed by atoms with van der Waals surface area (Å²) in [7, 11) is 0. The van der Waals surface area contributed by atoms with Gasteiger partial charge in [-0.3, -0.25) is 0 Å². The normalized spacial score (nSPS) is 11.9. The Bertz CT molecular complexity index is 519. The van der Waals surface area contributed by atoms with Crippen LogP contribution in [0.1, 0.15) is 13.8 Å². The highest BCUT2D eigenvalue weighted by Crippen LogP contribution is 2.24. The molecule has 0 fully saturated rings. The van der Waals surface area contributed by atoms with Gasteiger partial charge < -0.3 is 20.6 Å². The first-order chi connectivity index (χ1) is 8.02. The third-order valence-corrected chi connectivity index (χ3v) is 2.60. The van der Waals surface area contributed by atoms with E-state index in [0.29, 0.717) is 29.3 Å². The third kappa shape index (κ3) is 2.50. The van der Waals surface area contributed by atoms with Gasteiger partial charge in [0.2, 0.25) is 0 Å². The fourth-order valence-corrected chi connectivity index (χ4v) is 1.42. The number of nitrogens with two attached hydrogens (primary N) is 1. The second-order valence-corrected chi connectivity index (χ2v) is 4.89. The average Bonchev–Trinajstić information content (AvgIpc) is 2.71. The van der Waals surface area contributed by atoms with Crippen LogP contribution in [-0.2, 0) is 0 Å². The minimum Gasteiger partial charge on any atom is -0.423 e. The average molecular weight is 235 g/mol. The van der Waals surface area contributed by atoms with Crippen molar-refractivity contribution in [3.63, 3.8) is 0 Å². The molecule has 1 aromatic heterocycles. The third-order valence-electron chi connectivity index (χ3n) is 2.60. The molecule has 0 amide bonds. The van der Waals surface area contributed by atoms with Crippen LogP contribution in [0.2, 0.25) is 0 Å². The maximum Gasteiger partial charge on any atom is 0.295 e. The Morgan fingerprint density at radius 2 is 2.24 bits per heavy atom. The lowest BCUT2D eigenvalue weighted by molar-refractivity contribution is 0.170. The first-order valence-electron chi connectivity index (χ1n) is 5.52. The number of nitrogens with one attached hydrogen (secondary N) is 1. The van der Waals surface area contributed by atoms with Gasteiger partial charge in [0.15, 0.2) is 5.58 Å². The molecule has 2 aromatic rings. The van der Waals surface area contributed by atoms with Crippen molar-refractivity contribution in [3.05, 3.63) is 18.2 Å². The molecule has 0 aliphatic carbocycles. The molecule has 0 spiro atoms. The molecule has 0 aliphatic heterocycles. The van der Waals surface area contributed by atoms with E-state index in [4.69, 9.17) is 15.3 Å². The molecular formula is C12H17N3O2. The number of hydrogen-bond donors (Lipinski definition) is 3. The second-order valence-electron chi connectivity index (χ2n) is 4.89. The summed E-state index contributed by atoms with van der Waals surface area (Å²) in [5.74, 6) is 0. The highest BCUT2D eigenvalue weighted by Gasteiger charge is 2.17. The summed E-state index contributed by atoms with van der Waals surface area (Å²) in [4.78, 5) is 4.27. The van der Waals surface area contributed by atoms with Crippen LogP contribution in [0.25, 0.3) is 11.1 Å². The predicted octanol–water partition coefficient (Wildman–Crippen LogP) is 1.84. The van der Waals surface area contributed by atoms with Crippen LogP contribution in [0.5, 0.6) is 0 Å². The molecule has 1 aromatic carbocycles. The van der Waals surface area contributed by atoms with Gasteiger partial charge in [0.1, 0.15) is 5.52 Å². The number of aliphatic hydroxyl groups excluding tert-OH is 1. The fourth-order valence-electron chi connectivity index (χ4n) is 1.42. The number of anilines is 2. The van der Waals surface area contributed by atoms with Gasteiger partial charge in [-0.15, -0.1) is 0 Å². The van der Waals surface area contributed by atoms with E-state index in [9.17, 15) is 0 Å². The lowest BCUT2D eigenvalue weighted by Gasteiger charge is -2.20. The number of rotatable bonds is 4. The molecule has 4 N–H and O–H groups in total. The van der Waals surface area contributed by atoms with Crippen molar-refractivity contribution < 1.29 is 9.52 Å². The van der Waals surface area contributed by atoms with Gasteiger partial charge >= 0.3 is 0 Å². The van der Waals surface area contributed by atoms with Crippen LogP contribution in [0.3, 0.4) is 0 Å². The molecule has 2 rings (SSSR count). The zero-order valence-corrected chi connectivity index (χ0v) is 10.0. The summed E-state index contributed by atoms with van der Waals surface area (Å²) < 4.78 is 5.50. The summed E-state index contributed by atoms with van der Waals surface area (Å²) in [6.07, 6.45) is 0. The van der Waals surface area contributed by atoms with E-state index in [1.54, 1.807) is 6.07 Å². The zero-order valence-electron chi connectivity index (χ0n) is 10.0. The van der Waals surface area contributed by atoms with Crippen LogP contribution in [0.15, 0.2) is 22.6 Å². The number of aliphatic hydroxyl groups is 1. The van der Waals surface area contributed by atoms with Gasteiger partial charge in [0.05, 0.1) is 5.69 Å². The molecule has 0 atom stereocenters. The van der Waals surface area contributed by atoms with Crippen molar-refractivity contribution in [2.75, 3.05) is 24.2 Å². The smallest absolute Gasteiger partial charge is 0.295 e. The van der Waals surface area contributed by atoms with Crippen molar-refractivity contribution >= 4 is 22.8 Å².